The van der Waals surface area contributed by atoms with E-state index in [1.165, 1.54) is 24.3 Å². The number of primary amides is 1. The van der Waals surface area contributed by atoms with Gasteiger partial charge in [-0.25, -0.2) is 9.78 Å². The molecule has 1 aromatic rings. The quantitative estimate of drug-likeness (QED) is 0.103. The fraction of sp³-hybridized carbons (Fsp3) is 0.550. The number of carbonyl (C=O) groups excluding carboxylic acids is 4. The van der Waals surface area contributed by atoms with Crippen LogP contribution in [0, 0.1) is 0 Å². The molecule has 4 unspecified atom stereocenters. The number of H-pyrrole nitrogens is 1. The average molecular weight is 530 g/mol. The van der Waals surface area contributed by atoms with Gasteiger partial charge in [-0.3, -0.25) is 24.0 Å². The Labute approximate surface area is 210 Å². The number of nitrogens with two attached hydrogens (primary N) is 2. The Morgan fingerprint density at radius 1 is 1.00 bits per heavy atom. The van der Waals surface area contributed by atoms with Crippen LogP contribution in [-0.2, 0) is 35.2 Å². The Morgan fingerprint density at radius 2 is 1.61 bits per heavy atom. The molecular formula is C20H31N7O8S. The largest absolute Gasteiger partial charge is 0.481 e. The van der Waals surface area contributed by atoms with Gasteiger partial charge in [0.25, 0.3) is 0 Å². The molecule has 1 aromatic heterocycles. The summed E-state index contributed by atoms with van der Waals surface area (Å²) in [6, 6.07) is -5.26. The summed E-state index contributed by atoms with van der Waals surface area (Å²) in [4.78, 5) is 78.2. The lowest BCUT2D eigenvalue weighted by Gasteiger charge is -2.25. The lowest BCUT2D eigenvalue weighted by molar-refractivity contribution is -0.147. The van der Waals surface area contributed by atoms with E-state index in [0.717, 1.165) is 0 Å². The smallest absolute Gasteiger partial charge is 0.326 e. The highest BCUT2D eigenvalue weighted by Gasteiger charge is 2.31. The van der Waals surface area contributed by atoms with Crippen molar-refractivity contribution in [1.29, 1.82) is 0 Å². The van der Waals surface area contributed by atoms with Crippen LogP contribution < -0.4 is 27.4 Å². The summed E-state index contributed by atoms with van der Waals surface area (Å²) in [5.41, 5.74) is 11.3. The molecule has 0 aliphatic rings. The molecule has 200 valence electrons. The Kier molecular flexibility index (Phi) is 13.0. The lowest BCUT2D eigenvalue weighted by Crippen LogP contribution is -2.58. The van der Waals surface area contributed by atoms with Crippen LogP contribution >= 0.6 is 11.8 Å². The summed E-state index contributed by atoms with van der Waals surface area (Å²) in [6.45, 7) is 0. The third-order valence-electron chi connectivity index (χ3n) is 4.89. The molecule has 1 heterocycles. The summed E-state index contributed by atoms with van der Waals surface area (Å²) in [7, 11) is 0. The monoisotopic (exact) mass is 529 g/mol. The summed E-state index contributed by atoms with van der Waals surface area (Å²) >= 11 is 1.41. The van der Waals surface area contributed by atoms with Gasteiger partial charge in [-0.15, -0.1) is 0 Å². The molecule has 15 nitrogen and oxygen atoms in total. The first-order valence-corrected chi connectivity index (χ1v) is 12.2. The van der Waals surface area contributed by atoms with Crippen LogP contribution in [0.4, 0.5) is 0 Å². The van der Waals surface area contributed by atoms with E-state index in [0.29, 0.717) is 11.4 Å². The minimum atomic E-state index is -1.73. The van der Waals surface area contributed by atoms with Crippen LogP contribution in [0.5, 0.6) is 0 Å². The van der Waals surface area contributed by atoms with Crippen molar-refractivity contribution >= 4 is 47.3 Å². The van der Waals surface area contributed by atoms with Crippen molar-refractivity contribution in [2.75, 3.05) is 12.0 Å². The third kappa shape index (κ3) is 11.2. The highest BCUT2D eigenvalue weighted by atomic mass is 32.2. The molecule has 0 radical (unpaired) electrons. The first-order valence-electron chi connectivity index (χ1n) is 10.8. The number of carbonyl (C=O) groups is 6. The van der Waals surface area contributed by atoms with Gasteiger partial charge < -0.3 is 42.6 Å². The molecule has 0 aliphatic heterocycles. The number of imidazole rings is 1. The normalized spacial score (nSPS) is 14.1. The van der Waals surface area contributed by atoms with Crippen molar-refractivity contribution in [3.8, 4) is 0 Å². The number of aromatic amines is 1. The lowest BCUT2D eigenvalue weighted by atomic mass is 10.1. The van der Waals surface area contributed by atoms with Gasteiger partial charge in [-0.2, -0.15) is 11.8 Å². The first-order chi connectivity index (χ1) is 16.9. The second-order valence-electron chi connectivity index (χ2n) is 7.79. The van der Waals surface area contributed by atoms with Crippen LogP contribution in [0.15, 0.2) is 12.5 Å². The Morgan fingerprint density at radius 3 is 2.14 bits per heavy atom. The van der Waals surface area contributed by atoms with Gasteiger partial charge in [0.05, 0.1) is 18.8 Å². The molecule has 10 N–H and O–H groups in total. The molecule has 0 fully saturated rings. The Bertz CT molecular complexity index is 927. The predicted molar refractivity (Wildman–Crippen MR) is 127 cm³/mol. The van der Waals surface area contributed by atoms with Crippen molar-refractivity contribution in [2.24, 2.45) is 11.5 Å². The maximum absolute atomic E-state index is 13.0. The molecule has 1 rings (SSSR count). The van der Waals surface area contributed by atoms with Crippen molar-refractivity contribution in [1.82, 2.24) is 25.9 Å². The zero-order valence-corrected chi connectivity index (χ0v) is 20.4. The number of rotatable bonds is 17. The Balaban J connectivity index is 3.03. The van der Waals surface area contributed by atoms with Gasteiger partial charge in [-0.1, -0.05) is 0 Å². The number of aliphatic carboxylic acids is 2. The van der Waals surface area contributed by atoms with Gasteiger partial charge in [0.1, 0.15) is 18.1 Å². The fourth-order valence-electron chi connectivity index (χ4n) is 2.96. The standard InChI is InChI=1S/C20H31N7O8S/c1-36-5-4-12(25-17(31)11(21)2-3-15(22)28)18(32)26-13(6-10-8-23-9-24-10)19(33)27-14(20(34)35)7-16(29)30/h8-9,11-14H,2-7,21H2,1H3,(H2,22,28)(H,23,24)(H,25,31)(H,26,32)(H,27,33)(H,29,30)(H,34,35). The zero-order valence-electron chi connectivity index (χ0n) is 19.6. The van der Waals surface area contributed by atoms with Crippen molar-refractivity contribution in [3.05, 3.63) is 18.2 Å². The topological polar surface area (TPSA) is 260 Å². The molecule has 0 aliphatic carbocycles. The number of nitrogens with zero attached hydrogens (tertiary/aromatic N) is 1. The predicted octanol–water partition coefficient (Wildman–Crippen LogP) is -2.69. The summed E-state index contributed by atoms with van der Waals surface area (Å²) < 4.78 is 0. The average Bonchev–Trinajstić information content (AvgIpc) is 3.31. The number of thioether (sulfide) groups is 1. The molecule has 0 saturated heterocycles. The van der Waals surface area contributed by atoms with E-state index >= 15 is 0 Å². The fourth-order valence-corrected chi connectivity index (χ4v) is 3.43. The molecule has 4 amide bonds. The summed E-state index contributed by atoms with van der Waals surface area (Å²) in [5, 5.41) is 25.2. The van der Waals surface area contributed by atoms with Crippen LogP contribution in [0.3, 0.4) is 0 Å². The van der Waals surface area contributed by atoms with E-state index in [1.807, 2.05) is 0 Å². The van der Waals surface area contributed by atoms with E-state index < -0.39 is 66.2 Å². The maximum Gasteiger partial charge on any atom is 0.326 e. The van der Waals surface area contributed by atoms with Gasteiger partial charge in [0.15, 0.2) is 0 Å². The molecule has 16 heteroatoms. The Hall–Kier alpha value is -3.66. The molecule has 0 saturated carbocycles. The van der Waals surface area contributed by atoms with E-state index in [-0.39, 0.29) is 25.7 Å². The van der Waals surface area contributed by atoms with Gasteiger partial charge >= 0.3 is 11.9 Å². The minimum Gasteiger partial charge on any atom is -0.481 e. The van der Waals surface area contributed by atoms with E-state index in [4.69, 9.17) is 16.6 Å². The first kappa shape index (κ1) is 30.4. The number of hydrogen-bond acceptors (Lipinski definition) is 9. The third-order valence-corrected chi connectivity index (χ3v) is 5.53. The van der Waals surface area contributed by atoms with Crippen molar-refractivity contribution in [2.45, 2.75) is 56.3 Å². The molecule has 36 heavy (non-hydrogen) atoms. The van der Waals surface area contributed by atoms with Crippen LogP contribution in [-0.4, -0.2) is 91.9 Å². The van der Waals surface area contributed by atoms with Gasteiger partial charge in [0.2, 0.25) is 23.6 Å². The van der Waals surface area contributed by atoms with Gasteiger partial charge in [0, 0.05) is 24.7 Å². The molecular weight excluding hydrogens is 498 g/mol. The highest BCUT2D eigenvalue weighted by molar-refractivity contribution is 7.98. The number of carboxylic acids is 2. The number of hydrogen-bond donors (Lipinski definition) is 8. The van der Waals surface area contributed by atoms with Crippen molar-refractivity contribution < 1.29 is 39.0 Å². The zero-order chi connectivity index (χ0) is 27.3. The summed E-state index contributed by atoms with van der Waals surface area (Å²) in [6.07, 6.45) is 3.55. The second-order valence-corrected chi connectivity index (χ2v) is 8.78. The SMILES string of the molecule is CSCCC(NC(=O)C(N)CCC(N)=O)C(=O)NC(Cc1cnc[nH]1)C(=O)NC(CC(=O)O)C(=O)O. The number of carboxylic acid groups (broad SMARTS) is 2. The van der Waals surface area contributed by atoms with Crippen LogP contribution in [0.25, 0.3) is 0 Å². The van der Waals surface area contributed by atoms with E-state index in [9.17, 15) is 33.9 Å². The minimum absolute atomic E-state index is 0.0248. The summed E-state index contributed by atoms with van der Waals surface area (Å²) in [5.74, 6) is -5.56. The highest BCUT2D eigenvalue weighted by Crippen LogP contribution is 2.06. The van der Waals surface area contributed by atoms with Gasteiger partial charge in [-0.05, 0) is 24.9 Å². The second kappa shape index (κ2) is 15.4. The van der Waals surface area contributed by atoms with Crippen molar-refractivity contribution in [3.63, 3.8) is 0 Å². The molecule has 4 atom stereocenters. The maximum atomic E-state index is 13.0. The van der Waals surface area contributed by atoms with Crippen LogP contribution in [0.1, 0.15) is 31.4 Å². The number of nitrogens with one attached hydrogen (secondary N) is 4. The van der Waals surface area contributed by atoms with E-state index in [1.54, 1.807) is 6.26 Å². The molecule has 0 spiro atoms. The number of amides is 4. The molecule has 0 bridgehead atoms. The number of aromatic nitrogens is 2. The van der Waals surface area contributed by atoms with Crippen LogP contribution in [0.2, 0.25) is 0 Å². The molecule has 0 aromatic carbocycles. The van der Waals surface area contributed by atoms with E-state index in [2.05, 4.69) is 25.9 Å².